The van der Waals surface area contributed by atoms with Crippen LogP contribution in [-0.4, -0.2) is 63.8 Å². The van der Waals surface area contributed by atoms with Crippen LogP contribution in [0.4, 0.5) is 8.78 Å². The SMILES string of the molecule is COc1ccc(COCC2CCC(=O)N2Cc2ccncc2)cc1.COc1ccc(COCC2CCc3nc(-c4ccc(F)cc4)c(-c4ccncc4)n32)cc1.N#Cc1ccc(F)cc1. The minimum atomic E-state index is -0.311. The van der Waals surface area contributed by atoms with Crippen LogP contribution in [0.2, 0.25) is 0 Å². The molecule has 0 aliphatic carbocycles. The monoisotopic (exact) mass is 876 g/mol. The van der Waals surface area contributed by atoms with E-state index in [1.807, 2.05) is 83.8 Å². The molecule has 11 nitrogen and oxygen atoms in total. The first kappa shape index (κ1) is 45.7. The number of nitriles is 1. The summed E-state index contributed by atoms with van der Waals surface area (Å²) in [6.45, 7) is 2.86. The molecule has 1 saturated heterocycles. The second kappa shape index (κ2) is 22.9. The number of aromatic nitrogens is 4. The van der Waals surface area contributed by atoms with E-state index >= 15 is 0 Å². The lowest BCUT2D eigenvalue weighted by Crippen LogP contribution is -2.35. The van der Waals surface area contributed by atoms with Gasteiger partial charge in [0.2, 0.25) is 5.91 Å². The standard InChI is InChI=1S/C26H24FN3O2.C19H22N2O3.C7H4FN/c1-31-23-9-2-18(3-10-23)16-32-17-22-8-11-24-29-25(19-4-6-21(27)7-5-19)26(30(22)24)20-12-14-28-15-13-20;1-23-18-5-2-16(3-6-18)13-24-14-17-4-7-19(22)21(17)12-15-8-10-20-11-9-15;8-7-3-1-6(5-9)2-4-7/h2-7,9-10,12-15,22H,8,11,16-17H2,1H3;2-3,5-6,8-11,17H,4,7,12-14H2,1H3;1-4H. The van der Waals surface area contributed by atoms with Gasteiger partial charge in [-0.15, -0.1) is 0 Å². The van der Waals surface area contributed by atoms with Crippen LogP contribution in [0.5, 0.6) is 11.5 Å². The van der Waals surface area contributed by atoms with Crippen molar-refractivity contribution in [3.8, 4) is 40.1 Å². The molecule has 2 aliphatic rings. The third kappa shape index (κ3) is 12.5. The van der Waals surface area contributed by atoms with Crippen LogP contribution in [0.25, 0.3) is 22.5 Å². The number of halogens is 2. The number of pyridine rings is 2. The van der Waals surface area contributed by atoms with Crippen LogP contribution < -0.4 is 9.47 Å². The first-order valence-corrected chi connectivity index (χ1v) is 21.3. The highest BCUT2D eigenvalue weighted by atomic mass is 19.1. The van der Waals surface area contributed by atoms with E-state index in [-0.39, 0.29) is 29.6 Å². The first-order valence-electron chi connectivity index (χ1n) is 21.3. The summed E-state index contributed by atoms with van der Waals surface area (Å²) in [5.41, 5.74) is 7.63. The number of carbonyl (C=O) groups excluding carboxylic acids is 1. The van der Waals surface area contributed by atoms with Crippen molar-refractivity contribution >= 4 is 5.91 Å². The molecule has 2 unspecified atom stereocenters. The molecule has 5 heterocycles. The minimum Gasteiger partial charge on any atom is -0.497 e. The average Bonchev–Trinajstić information content (AvgIpc) is 4.04. The van der Waals surface area contributed by atoms with E-state index in [0.717, 1.165) is 75.8 Å². The topological polar surface area (TPSA) is 125 Å². The number of hydrogen-bond acceptors (Lipinski definition) is 9. The molecule has 0 bridgehead atoms. The Bertz CT molecular complexity index is 2610. The Balaban J connectivity index is 0.000000167. The fourth-order valence-corrected chi connectivity index (χ4v) is 7.69. The van der Waals surface area contributed by atoms with Crippen molar-refractivity contribution in [3.63, 3.8) is 0 Å². The summed E-state index contributed by atoms with van der Waals surface area (Å²) >= 11 is 0. The van der Waals surface area contributed by atoms with Gasteiger partial charge in [0.15, 0.2) is 0 Å². The Morgan fingerprint density at radius 3 is 1.71 bits per heavy atom. The van der Waals surface area contributed by atoms with Gasteiger partial charge in [-0.05, 0) is 127 Å². The second-order valence-electron chi connectivity index (χ2n) is 15.4. The molecule has 0 spiro atoms. The third-order valence-corrected chi connectivity index (χ3v) is 11.1. The number of amides is 1. The zero-order valence-corrected chi connectivity index (χ0v) is 36.4. The Hall–Kier alpha value is -7.27. The predicted octanol–water partition coefficient (Wildman–Crippen LogP) is 9.96. The van der Waals surface area contributed by atoms with Crippen molar-refractivity contribution in [1.29, 1.82) is 5.26 Å². The third-order valence-electron chi connectivity index (χ3n) is 11.1. The van der Waals surface area contributed by atoms with Crippen molar-refractivity contribution in [2.75, 3.05) is 27.4 Å². The van der Waals surface area contributed by atoms with Crippen molar-refractivity contribution in [3.05, 3.63) is 186 Å². The summed E-state index contributed by atoms with van der Waals surface area (Å²) in [6, 6.07) is 37.8. The number of likely N-dealkylation sites (tertiary alicyclic amines) is 1. The van der Waals surface area contributed by atoms with E-state index in [1.54, 1.807) is 51.1 Å². The van der Waals surface area contributed by atoms with Gasteiger partial charge in [0.25, 0.3) is 0 Å². The van der Waals surface area contributed by atoms with Gasteiger partial charge in [-0.3, -0.25) is 14.8 Å². The van der Waals surface area contributed by atoms with E-state index < -0.39 is 0 Å². The van der Waals surface area contributed by atoms with Gasteiger partial charge in [-0.2, -0.15) is 5.26 Å². The van der Waals surface area contributed by atoms with Crippen LogP contribution in [-0.2, 0) is 40.4 Å². The maximum Gasteiger partial charge on any atom is 0.223 e. The van der Waals surface area contributed by atoms with Crippen LogP contribution >= 0.6 is 0 Å². The molecule has 3 aromatic heterocycles. The van der Waals surface area contributed by atoms with Crippen molar-refractivity contribution in [2.24, 2.45) is 0 Å². The molecule has 0 saturated carbocycles. The van der Waals surface area contributed by atoms with E-state index in [1.165, 1.54) is 36.4 Å². The Morgan fingerprint density at radius 1 is 0.631 bits per heavy atom. The highest BCUT2D eigenvalue weighted by Crippen LogP contribution is 2.40. The lowest BCUT2D eigenvalue weighted by atomic mass is 10.0. The fraction of sp³-hybridized carbons (Fsp3) is 0.250. The largest absolute Gasteiger partial charge is 0.497 e. The number of methoxy groups -OCH3 is 2. The number of aryl methyl sites for hydroxylation is 1. The molecular weight excluding hydrogens is 827 g/mol. The van der Waals surface area contributed by atoms with Crippen LogP contribution in [0.15, 0.2) is 146 Å². The number of rotatable bonds is 14. The molecule has 2 aliphatic heterocycles. The zero-order valence-electron chi connectivity index (χ0n) is 36.4. The second-order valence-corrected chi connectivity index (χ2v) is 15.4. The first-order chi connectivity index (χ1) is 31.8. The van der Waals surface area contributed by atoms with Crippen LogP contribution in [0.1, 0.15) is 53.4 Å². The van der Waals surface area contributed by atoms with Gasteiger partial charge < -0.3 is 28.4 Å². The van der Waals surface area contributed by atoms with Crippen molar-refractivity contribution in [1.82, 2.24) is 24.4 Å². The summed E-state index contributed by atoms with van der Waals surface area (Å²) in [6.07, 6.45) is 10.4. The maximum absolute atomic E-state index is 13.5. The van der Waals surface area contributed by atoms with E-state index in [0.29, 0.717) is 45.0 Å². The summed E-state index contributed by atoms with van der Waals surface area (Å²) in [7, 11) is 3.31. The summed E-state index contributed by atoms with van der Waals surface area (Å²) < 4.78 is 50.2. The summed E-state index contributed by atoms with van der Waals surface area (Å²) in [5.74, 6) is 2.34. The quantitative estimate of drug-likeness (QED) is 0.105. The van der Waals surface area contributed by atoms with E-state index in [2.05, 4.69) is 14.5 Å². The predicted molar refractivity (Wildman–Crippen MR) is 242 cm³/mol. The van der Waals surface area contributed by atoms with Gasteiger partial charge in [0.05, 0.1) is 75.8 Å². The Morgan fingerprint density at radius 2 is 1.15 bits per heavy atom. The Kier molecular flexibility index (Phi) is 16.1. The number of fused-ring (bicyclic) bond motifs is 1. The van der Waals surface area contributed by atoms with E-state index in [4.69, 9.17) is 29.2 Å². The molecule has 1 fully saturated rings. The van der Waals surface area contributed by atoms with E-state index in [9.17, 15) is 13.6 Å². The molecule has 1 amide bonds. The molecule has 9 rings (SSSR count). The molecule has 13 heteroatoms. The number of imidazole rings is 1. The van der Waals surface area contributed by atoms with Crippen LogP contribution in [0, 0.1) is 23.0 Å². The molecule has 332 valence electrons. The van der Waals surface area contributed by atoms with Gasteiger partial charge in [-0.1, -0.05) is 24.3 Å². The number of carbonyl (C=O) groups is 1. The van der Waals surface area contributed by atoms with Crippen LogP contribution in [0.3, 0.4) is 0 Å². The minimum absolute atomic E-state index is 0.143. The molecule has 7 aromatic rings. The van der Waals surface area contributed by atoms with Gasteiger partial charge in [0, 0.05) is 55.3 Å². The molecule has 4 aromatic carbocycles. The van der Waals surface area contributed by atoms with Gasteiger partial charge in [0.1, 0.15) is 29.0 Å². The van der Waals surface area contributed by atoms with Gasteiger partial charge >= 0.3 is 0 Å². The van der Waals surface area contributed by atoms with Crippen molar-refractivity contribution in [2.45, 2.75) is 57.5 Å². The summed E-state index contributed by atoms with van der Waals surface area (Å²) in [5, 5.41) is 8.26. The van der Waals surface area contributed by atoms with Gasteiger partial charge in [-0.25, -0.2) is 13.8 Å². The normalized spacial score (nSPS) is 14.9. The maximum atomic E-state index is 13.5. The Labute approximate surface area is 377 Å². The number of nitrogens with zero attached hydrogens (tertiary/aromatic N) is 6. The molecule has 65 heavy (non-hydrogen) atoms. The molecule has 2 atom stereocenters. The molecule has 0 radical (unpaired) electrons. The number of benzene rings is 4. The van der Waals surface area contributed by atoms with Crippen molar-refractivity contribution < 1.29 is 32.5 Å². The average molecular weight is 877 g/mol. The summed E-state index contributed by atoms with van der Waals surface area (Å²) in [4.78, 5) is 27.2. The number of ether oxygens (including phenoxy) is 4. The molecular formula is C52H50F2N6O5. The fourth-order valence-electron chi connectivity index (χ4n) is 7.69. The highest BCUT2D eigenvalue weighted by molar-refractivity contribution is 5.80. The smallest absolute Gasteiger partial charge is 0.223 e. The lowest BCUT2D eigenvalue weighted by molar-refractivity contribution is -0.130. The molecule has 0 N–H and O–H groups in total. The zero-order chi connectivity index (χ0) is 45.4. The lowest BCUT2D eigenvalue weighted by Gasteiger charge is -2.24. The number of hydrogen-bond donors (Lipinski definition) is 0. The highest BCUT2D eigenvalue weighted by Gasteiger charge is 2.32.